The zero-order valence-corrected chi connectivity index (χ0v) is 13.9. The van der Waals surface area contributed by atoms with E-state index in [2.05, 4.69) is 16.6 Å². The maximum absolute atomic E-state index is 12.4. The van der Waals surface area contributed by atoms with Crippen molar-refractivity contribution in [1.82, 2.24) is 5.43 Å². The van der Waals surface area contributed by atoms with Gasteiger partial charge in [0, 0.05) is 18.2 Å². The molecule has 0 aromatic heterocycles. The van der Waals surface area contributed by atoms with Gasteiger partial charge in [0.2, 0.25) is 5.91 Å². The molecule has 6 heteroatoms. The SMILES string of the molecule is CC1SC(=O)NN=C1c1ccc2c(c1)CCCN2C(=O)C1CC1. The van der Waals surface area contributed by atoms with Gasteiger partial charge in [0.25, 0.3) is 5.24 Å². The van der Waals surface area contributed by atoms with Gasteiger partial charge in [0.15, 0.2) is 0 Å². The molecule has 1 atom stereocenters. The first-order valence-corrected chi connectivity index (χ1v) is 9.00. The van der Waals surface area contributed by atoms with Crippen molar-refractivity contribution in [1.29, 1.82) is 0 Å². The number of anilines is 1. The average Bonchev–Trinajstić information content (AvgIpc) is 3.38. The summed E-state index contributed by atoms with van der Waals surface area (Å²) in [6.45, 7) is 2.82. The van der Waals surface area contributed by atoms with E-state index in [1.54, 1.807) is 0 Å². The lowest BCUT2D eigenvalue weighted by molar-refractivity contribution is -0.119. The van der Waals surface area contributed by atoms with Crippen LogP contribution in [0.15, 0.2) is 23.3 Å². The third-order valence-corrected chi connectivity index (χ3v) is 5.51. The second kappa shape index (κ2) is 5.67. The highest BCUT2D eigenvalue weighted by Crippen LogP contribution is 2.36. The minimum absolute atomic E-state index is 0.0367. The molecule has 0 saturated heterocycles. The Morgan fingerprint density at radius 2 is 2.22 bits per heavy atom. The summed E-state index contributed by atoms with van der Waals surface area (Å²) in [4.78, 5) is 25.8. The fraction of sp³-hybridized carbons (Fsp3) is 0.471. The van der Waals surface area contributed by atoms with Gasteiger partial charge in [-0.3, -0.25) is 9.59 Å². The van der Waals surface area contributed by atoms with Crippen LogP contribution in [0, 0.1) is 5.92 Å². The van der Waals surface area contributed by atoms with E-state index in [0.29, 0.717) is 0 Å². The lowest BCUT2D eigenvalue weighted by Crippen LogP contribution is -2.36. The fourth-order valence-electron chi connectivity index (χ4n) is 3.27. The van der Waals surface area contributed by atoms with Crippen LogP contribution in [0.2, 0.25) is 0 Å². The van der Waals surface area contributed by atoms with Crippen molar-refractivity contribution < 1.29 is 9.59 Å². The van der Waals surface area contributed by atoms with Crippen molar-refractivity contribution >= 4 is 34.3 Å². The Labute approximate surface area is 139 Å². The number of carbonyl (C=O) groups excluding carboxylic acids is 2. The summed E-state index contributed by atoms with van der Waals surface area (Å²) in [7, 11) is 0. The van der Waals surface area contributed by atoms with Crippen LogP contribution < -0.4 is 10.3 Å². The number of nitrogens with one attached hydrogen (secondary N) is 1. The number of nitrogens with zero attached hydrogens (tertiary/aromatic N) is 2. The molecule has 4 rings (SSSR count). The zero-order chi connectivity index (χ0) is 16.0. The molecule has 0 bridgehead atoms. The van der Waals surface area contributed by atoms with Crippen LogP contribution in [0.25, 0.3) is 0 Å². The summed E-state index contributed by atoms with van der Waals surface area (Å²) in [6.07, 6.45) is 4.06. The molecule has 0 radical (unpaired) electrons. The largest absolute Gasteiger partial charge is 0.312 e. The predicted molar refractivity (Wildman–Crippen MR) is 92.0 cm³/mol. The highest BCUT2D eigenvalue weighted by molar-refractivity contribution is 8.14. The lowest BCUT2D eigenvalue weighted by atomic mass is 9.96. The van der Waals surface area contributed by atoms with E-state index in [0.717, 1.165) is 49.2 Å². The summed E-state index contributed by atoms with van der Waals surface area (Å²) < 4.78 is 0. The van der Waals surface area contributed by atoms with Crippen molar-refractivity contribution in [2.75, 3.05) is 11.4 Å². The Hall–Kier alpha value is -1.82. The molecule has 2 amide bonds. The minimum Gasteiger partial charge on any atom is -0.312 e. The number of aryl methyl sites for hydroxylation is 1. The molecule has 2 aliphatic heterocycles. The van der Waals surface area contributed by atoms with Crippen LogP contribution in [0.5, 0.6) is 0 Å². The molecule has 1 aromatic rings. The number of rotatable bonds is 2. The van der Waals surface area contributed by atoms with Gasteiger partial charge in [0.1, 0.15) is 0 Å². The number of fused-ring (bicyclic) bond motifs is 1. The van der Waals surface area contributed by atoms with Crippen LogP contribution >= 0.6 is 11.8 Å². The molecule has 1 fully saturated rings. The Bertz CT molecular complexity index is 712. The summed E-state index contributed by atoms with van der Waals surface area (Å²) in [5, 5.41) is 4.14. The van der Waals surface area contributed by atoms with E-state index in [1.807, 2.05) is 24.0 Å². The van der Waals surface area contributed by atoms with E-state index in [1.165, 1.54) is 17.3 Å². The Balaban J connectivity index is 1.65. The Morgan fingerprint density at radius 3 is 2.96 bits per heavy atom. The van der Waals surface area contributed by atoms with Gasteiger partial charge < -0.3 is 4.90 Å². The number of carbonyl (C=O) groups is 2. The maximum Gasteiger partial charge on any atom is 0.299 e. The summed E-state index contributed by atoms with van der Waals surface area (Å²) >= 11 is 1.25. The normalized spacial score (nSPS) is 23.9. The number of thioether (sulfide) groups is 1. The molecular weight excluding hydrogens is 310 g/mol. The summed E-state index contributed by atoms with van der Waals surface area (Å²) in [6, 6.07) is 6.19. The summed E-state index contributed by atoms with van der Waals surface area (Å²) in [5.74, 6) is 0.528. The molecular formula is C17H19N3O2S. The fourth-order valence-corrected chi connectivity index (χ4v) is 3.99. The molecule has 2 heterocycles. The molecule has 0 spiro atoms. The van der Waals surface area contributed by atoms with Crippen molar-refractivity contribution in [2.45, 2.75) is 37.9 Å². The van der Waals surface area contributed by atoms with Crippen LogP contribution in [0.4, 0.5) is 10.5 Å². The monoisotopic (exact) mass is 329 g/mol. The highest BCUT2D eigenvalue weighted by atomic mass is 32.2. The molecule has 1 N–H and O–H groups in total. The Kier molecular flexibility index (Phi) is 3.64. The number of amides is 2. The molecule has 1 unspecified atom stereocenters. The van der Waals surface area contributed by atoms with E-state index in [9.17, 15) is 9.59 Å². The maximum atomic E-state index is 12.4. The smallest absolute Gasteiger partial charge is 0.299 e. The van der Waals surface area contributed by atoms with Crippen LogP contribution in [0.3, 0.4) is 0 Å². The molecule has 1 aromatic carbocycles. The van der Waals surface area contributed by atoms with Crippen molar-refractivity contribution in [3.8, 4) is 0 Å². The zero-order valence-electron chi connectivity index (χ0n) is 13.0. The number of hydrazone groups is 1. The van der Waals surface area contributed by atoms with E-state index in [-0.39, 0.29) is 22.3 Å². The summed E-state index contributed by atoms with van der Waals surface area (Å²) in [5.41, 5.74) is 6.72. The van der Waals surface area contributed by atoms with Crippen LogP contribution in [-0.2, 0) is 11.2 Å². The number of hydrogen-bond donors (Lipinski definition) is 1. The predicted octanol–water partition coefficient (Wildman–Crippen LogP) is 2.92. The molecule has 1 aliphatic carbocycles. The van der Waals surface area contributed by atoms with Crippen LogP contribution in [-0.4, -0.2) is 28.7 Å². The molecule has 5 nitrogen and oxygen atoms in total. The van der Waals surface area contributed by atoms with Gasteiger partial charge in [-0.15, -0.1) is 0 Å². The molecule has 120 valence electrons. The Morgan fingerprint density at radius 1 is 1.39 bits per heavy atom. The lowest BCUT2D eigenvalue weighted by Gasteiger charge is -2.30. The van der Waals surface area contributed by atoms with Crippen molar-refractivity contribution in [3.63, 3.8) is 0 Å². The van der Waals surface area contributed by atoms with Crippen molar-refractivity contribution in [3.05, 3.63) is 29.3 Å². The first-order chi connectivity index (χ1) is 11.1. The molecule has 1 saturated carbocycles. The quantitative estimate of drug-likeness (QED) is 0.907. The second-order valence-electron chi connectivity index (χ2n) is 6.37. The topological polar surface area (TPSA) is 61.8 Å². The van der Waals surface area contributed by atoms with Gasteiger partial charge >= 0.3 is 0 Å². The van der Waals surface area contributed by atoms with E-state index < -0.39 is 0 Å². The van der Waals surface area contributed by atoms with Gasteiger partial charge in [-0.2, -0.15) is 5.10 Å². The standard InChI is InChI=1S/C17H19N3O2S/c1-10-15(18-19-17(22)23-10)13-6-7-14-12(9-13)3-2-8-20(14)16(21)11-4-5-11/h6-7,9-11H,2-5,8H2,1H3,(H,19,22). The third kappa shape index (κ3) is 2.76. The van der Waals surface area contributed by atoms with Crippen molar-refractivity contribution in [2.24, 2.45) is 11.0 Å². The molecule has 3 aliphatic rings. The van der Waals surface area contributed by atoms with E-state index >= 15 is 0 Å². The number of hydrogen-bond acceptors (Lipinski definition) is 4. The first kappa shape index (κ1) is 14.8. The van der Waals surface area contributed by atoms with Gasteiger partial charge in [-0.25, -0.2) is 5.43 Å². The number of benzene rings is 1. The second-order valence-corrected chi connectivity index (χ2v) is 7.68. The van der Waals surface area contributed by atoms with E-state index in [4.69, 9.17) is 0 Å². The van der Waals surface area contributed by atoms with Gasteiger partial charge in [0.05, 0.1) is 11.0 Å². The first-order valence-electron chi connectivity index (χ1n) is 8.12. The minimum atomic E-state index is -0.111. The van der Waals surface area contributed by atoms with Gasteiger partial charge in [-0.05, 0) is 55.9 Å². The average molecular weight is 329 g/mol. The third-order valence-electron chi connectivity index (χ3n) is 4.62. The highest BCUT2D eigenvalue weighted by Gasteiger charge is 2.35. The van der Waals surface area contributed by atoms with Crippen LogP contribution in [0.1, 0.15) is 37.3 Å². The molecule has 23 heavy (non-hydrogen) atoms. The van der Waals surface area contributed by atoms with Gasteiger partial charge in [-0.1, -0.05) is 17.8 Å².